The fraction of sp³-hybridized carbons (Fsp3) is 0.600. The molecular weight excluding hydrogens is 272 g/mol. The van der Waals surface area contributed by atoms with Crippen molar-refractivity contribution in [3.63, 3.8) is 0 Å². The molecule has 1 fully saturated rings. The first-order valence-corrected chi connectivity index (χ1v) is 8.87. The normalized spacial score (nSPS) is 18.3. The first-order valence-electron chi connectivity index (χ1n) is 7.38. The lowest BCUT2D eigenvalue weighted by molar-refractivity contribution is 0.405. The summed E-state index contributed by atoms with van der Waals surface area (Å²) in [6.07, 6.45) is 5.19. The molecule has 2 rings (SSSR count). The number of nitrogens with two attached hydrogens (primary N) is 1. The van der Waals surface area contributed by atoms with E-state index in [1.54, 1.807) is 12.1 Å². The molecule has 0 radical (unpaired) electrons. The number of benzene rings is 1. The van der Waals surface area contributed by atoms with Gasteiger partial charge < -0.3 is 5.73 Å². The van der Waals surface area contributed by atoms with E-state index in [0.717, 1.165) is 18.4 Å². The second kappa shape index (κ2) is 6.70. The Morgan fingerprint density at radius 3 is 2.55 bits per heavy atom. The molecule has 1 atom stereocenters. The highest BCUT2D eigenvalue weighted by molar-refractivity contribution is 7.89. The molecule has 0 amide bonds. The lowest BCUT2D eigenvalue weighted by Crippen LogP contribution is -2.44. The van der Waals surface area contributed by atoms with E-state index in [2.05, 4.69) is 4.72 Å². The van der Waals surface area contributed by atoms with Crippen molar-refractivity contribution in [3.8, 4) is 0 Å². The van der Waals surface area contributed by atoms with Gasteiger partial charge in [0.05, 0.1) is 4.90 Å². The maximum Gasteiger partial charge on any atom is 0.241 e. The van der Waals surface area contributed by atoms with E-state index in [9.17, 15) is 8.42 Å². The minimum absolute atomic E-state index is 0.146. The molecule has 1 aliphatic carbocycles. The quantitative estimate of drug-likeness (QED) is 0.844. The van der Waals surface area contributed by atoms with E-state index in [1.807, 2.05) is 19.1 Å². The summed E-state index contributed by atoms with van der Waals surface area (Å²) in [6, 6.07) is 7.02. The van der Waals surface area contributed by atoms with Crippen molar-refractivity contribution in [1.82, 2.24) is 4.72 Å². The molecule has 1 saturated carbocycles. The van der Waals surface area contributed by atoms with Gasteiger partial charge in [0.2, 0.25) is 10.0 Å². The predicted octanol–water partition coefficient (Wildman–Crippen LogP) is 2.04. The van der Waals surface area contributed by atoms with Gasteiger partial charge in [0.25, 0.3) is 0 Å². The molecule has 4 nitrogen and oxygen atoms in total. The smallest absolute Gasteiger partial charge is 0.241 e. The van der Waals surface area contributed by atoms with Gasteiger partial charge in [-0.15, -0.1) is 0 Å². The predicted molar refractivity (Wildman–Crippen MR) is 80.9 cm³/mol. The Morgan fingerprint density at radius 2 is 1.95 bits per heavy atom. The van der Waals surface area contributed by atoms with E-state index >= 15 is 0 Å². The molecule has 1 aliphatic rings. The van der Waals surface area contributed by atoms with E-state index in [0.29, 0.717) is 23.8 Å². The molecule has 20 heavy (non-hydrogen) atoms. The van der Waals surface area contributed by atoms with Crippen molar-refractivity contribution < 1.29 is 8.42 Å². The number of hydrogen-bond acceptors (Lipinski definition) is 3. The number of hydrogen-bond donors (Lipinski definition) is 2. The Bertz CT molecular complexity index is 537. The molecular formula is C15H24N2O2S. The Balaban J connectivity index is 2.21. The Labute approximate surface area is 121 Å². The largest absolute Gasteiger partial charge is 0.329 e. The summed E-state index contributed by atoms with van der Waals surface area (Å²) in [7, 11) is -3.48. The van der Waals surface area contributed by atoms with Crippen LogP contribution in [0.2, 0.25) is 0 Å². The summed E-state index contributed by atoms with van der Waals surface area (Å²) in [4.78, 5) is 0.388. The lowest BCUT2D eigenvalue weighted by atomic mass is 9.99. The molecule has 0 spiro atoms. The average molecular weight is 296 g/mol. The second-order valence-corrected chi connectivity index (χ2v) is 7.15. The van der Waals surface area contributed by atoms with Crippen LogP contribution in [0.1, 0.15) is 38.2 Å². The van der Waals surface area contributed by atoms with Crippen molar-refractivity contribution in [3.05, 3.63) is 29.8 Å². The van der Waals surface area contributed by atoms with Gasteiger partial charge in [-0.05, 0) is 36.8 Å². The summed E-state index contributed by atoms with van der Waals surface area (Å²) < 4.78 is 28.0. The van der Waals surface area contributed by atoms with Gasteiger partial charge in [0.1, 0.15) is 0 Å². The standard InChI is InChI=1S/C15H24N2O2S/c1-2-12-7-5-6-10-15(12)20(18,19)17-14(11-16)13-8-3-4-9-13/h5-7,10,13-14,17H,2-4,8-9,11,16H2,1H3. The number of rotatable bonds is 6. The van der Waals surface area contributed by atoms with Gasteiger partial charge in [-0.2, -0.15) is 0 Å². The summed E-state index contributed by atoms with van der Waals surface area (Å²) in [5.41, 5.74) is 6.63. The zero-order valence-corrected chi connectivity index (χ0v) is 12.8. The van der Waals surface area contributed by atoms with Crippen LogP contribution in [0.25, 0.3) is 0 Å². The number of nitrogens with one attached hydrogen (secondary N) is 1. The van der Waals surface area contributed by atoms with Crippen LogP contribution < -0.4 is 10.5 Å². The van der Waals surface area contributed by atoms with Crippen molar-refractivity contribution in [2.75, 3.05) is 6.54 Å². The van der Waals surface area contributed by atoms with E-state index in [4.69, 9.17) is 5.73 Å². The summed E-state index contributed by atoms with van der Waals surface area (Å²) in [5, 5.41) is 0. The topological polar surface area (TPSA) is 72.2 Å². The third kappa shape index (κ3) is 3.40. The minimum Gasteiger partial charge on any atom is -0.329 e. The van der Waals surface area contributed by atoms with Crippen molar-refractivity contribution in [2.24, 2.45) is 11.7 Å². The average Bonchev–Trinajstić information content (AvgIpc) is 2.98. The second-order valence-electron chi connectivity index (χ2n) is 5.47. The highest BCUT2D eigenvalue weighted by Gasteiger charge is 2.29. The van der Waals surface area contributed by atoms with Crippen LogP contribution in [0.3, 0.4) is 0 Å². The molecule has 0 saturated heterocycles. The van der Waals surface area contributed by atoms with Gasteiger partial charge in [-0.3, -0.25) is 0 Å². The van der Waals surface area contributed by atoms with Gasteiger partial charge >= 0.3 is 0 Å². The third-order valence-electron chi connectivity index (χ3n) is 4.17. The van der Waals surface area contributed by atoms with Gasteiger partial charge in [0, 0.05) is 12.6 Å². The lowest BCUT2D eigenvalue weighted by Gasteiger charge is -2.23. The van der Waals surface area contributed by atoms with Crippen LogP contribution in [0.15, 0.2) is 29.2 Å². The fourth-order valence-electron chi connectivity index (χ4n) is 3.02. The van der Waals surface area contributed by atoms with Crippen molar-refractivity contribution in [1.29, 1.82) is 0 Å². The van der Waals surface area contributed by atoms with Gasteiger partial charge in [-0.1, -0.05) is 38.0 Å². The monoisotopic (exact) mass is 296 g/mol. The SMILES string of the molecule is CCc1ccccc1S(=O)(=O)NC(CN)C1CCCC1. The van der Waals surface area contributed by atoms with Crippen molar-refractivity contribution in [2.45, 2.75) is 50.0 Å². The number of sulfonamides is 1. The zero-order valence-electron chi connectivity index (χ0n) is 12.0. The van der Waals surface area contributed by atoms with Crippen LogP contribution >= 0.6 is 0 Å². The first kappa shape index (κ1) is 15.5. The molecule has 3 N–H and O–H groups in total. The molecule has 0 bridgehead atoms. The molecule has 0 aliphatic heterocycles. The maximum absolute atomic E-state index is 12.6. The maximum atomic E-state index is 12.6. The Morgan fingerprint density at radius 1 is 1.30 bits per heavy atom. The number of aryl methyl sites for hydroxylation is 1. The van der Waals surface area contributed by atoms with Crippen molar-refractivity contribution >= 4 is 10.0 Å². The van der Waals surface area contributed by atoms with Crippen LogP contribution in [0.4, 0.5) is 0 Å². The molecule has 0 aromatic heterocycles. The first-order chi connectivity index (χ1) is 9.58. The molecule has 112 valence electrons. The molecule has 1 unspecified atom stereocenters. The van der Waals surface area contributed by atoms with Gasteiger partial charge in [-0.25, -0.2) is 13.1 Å². The van der Waals surface area contributed by atoms with Crippen LogP contribution in [0, 0.1) is 5.92 Å². The summed E-state index contributed by atoms with van der Waals surface area (Å²) in [5.74, 6) is 0.378. The van der Waals surface area contributed by atoms with Crippen LogP contribution in [0.5, 0.6) is 0 Å². The molecule has 1 aromatic rings. The van der Waals surface area contributed by atoms with E-state index < -0.39 is 10.0 Å². The van der Waals surface area contributed by atoms with E-state index in [1.165, 1.54) is 12.8 Å². The summed E-state index contributed by atoms with van der Waals surface area (Å²) in [6.45, 7) is 2.32. The Kier molecular flexibility index (Phi) is 5.18. The fourth-order valence-corrected chi connectivity index (χ4v) is 4.65. The third-order valence-corrected chi connectivity index (χ3v) is 5.76. The highest BCUT2D eigenvalue weighted by Crippen LogP contribution is 2.28. The van der Waals surface area contributed by atoms with E-state index in [-0.39, 0.29) is 6.04 Å². The van der Waals surface area contributed by atoms with Crippen LogP contribution in [-0.4, -0.2) is 21.0 Å². The zero-order chi connectivity index (χ0) is 14.6. The highest BCUT2D eigenvalue weighted by atomic mass is 32.2. The van der Waals surface area contributed by atoms with Gasteiger partial charge in [0.15, 0.2) is 0 Å². The molecule has 1 aromatic carbocycles. The molecule has 5 heteroatoms. The summed E-state index contributed by atoms with van der Waals surface area (Å²) >= 11 is 0. The minimum atomic E-state index is -3.48. The Hall–Kier alpha value is -0.910. The molecule has 0 heterocycles. The van der Waals surface area contributed by atoms with Crippen LogP contribution in [-0.2, 0) is 16.4 Å².